The quantitative estimate of drug-likeness (QED) is 0.605. The van der Waals surface area contributed by atoms with E-state index in [0.717, 1.165) is 18.3 Å². The van der Waals surface area contributed by atoms with Crippen LogP contribution in [-0.2, 0) is 0 Å². The zero-order valence-electron chi connectivity index (χ0n) is 7.59. The summed E-state index contributed by atoms with van der Waals surface area (Å²) < 4.78 is 0. The highest BCUT2D eigenvalue weighted by molar-refractivity contribution is 4.96. The fraction of sp³-hybridized carbons (Fsp3) is 0.800. The topological polar surface area (TPSA) is 26.0 Å². The molecule has 0 heterocycles. The molecule has 2 N–H and O–H groups in total. The molecule has 0 amide bonds. The van der Waals surface area contributed by atoms with E-state index in [1.807, 2.05) is 0 Å². The van der Waals surface area contributed by atoms with Crippen LogP contribution in [0.1, 0.15) is 33.1 Å². The summed E-state index contributed by atoms with van der Waals surface area (Å²) in [5, 5.41) is 0. The van der Waals surface area contributed by atoms with Gasteiger partial charge in [-0.25, -0.2) is 0 Å². The van der Waals surface area contributed by atoms with E-state index in [0.29, 0.717) is 6.04 Å². The zero-order valence-corrected chi connectivity index (χ0v) is 7.59. The van der Waals surface area contributed by atoms with Crippen molar-refractivity contribution < 1.29 is 0 Å². The van der Waals surface area contributed by atoms with Crippen molar-refractivity contribution in [2.24, 2.45) is 17.6 Å². The van der Waals surface area contributed by atoms with E-state index in [2.05, 4.69) is 26.0 Å². The van der Waals surface area contributed by atoms with E-state index < -0.39 is 0 Å². The van der Waals surface area contributed by atoms with Gasteiger partial charge in [-0.05, 0) is 31.1 Å². The lowest BCUT2D eigenvalue weighted by molar-refractivity contribution is 0.339. The Morgan fingerprint density at radius 3 is 2.55 bits per heavy atom. The van der Waals surface area contributed by atoms with E-state index in [1.54, 1.807) is 0 Å². The molecule has 0 saturated heterocycles. The van der Waals surface area contributed by atoms with E-state index in [9.17, 15) is 0 Å². The van der Waals surface area contributed by atoms with Crippen LogP contribution in [0, 0.1) is 11.8 Å². The monoisotopic (exact) mass is 153 g/mol. The number of allylic oxidation sites excluding steroid dienone is 1. The largest absolute Gasteiger partial charge is 0.327 e. The Balaban J connectivity index is 2.38. The summed E-state index contributed by atoms with van der Waals surface area (Å²) in [5.41, 5.74) is 5.98. The highest BCUT2D eigenvalue weighted by Gasteiger charge is 2.19. The average molecular weight is 153 g/mol. The molecule has 0 unspecified atom stereocenters. The van der Waals surface area contributed by atoms with Crippen molar-refractivity contribution in [2.45, 2.75) is 39.2 Å². The summed E-state index contributed by atoms with van der Waals surface area (Å²) in [6, 6.07) is 0.419. The van der Waals surface area contributed by atoms with Gasteiger partial charge < -0.3 is 5.73 Å². The molecular weight excluding hydrogens is 134 g/mol. The molecule has 1 nitrogen and oxygen atoms in total. The minimum absolute atomic E-state index is 0.419. The van der Waals surface area contributed by atoms with Gasteiger partial charge >= 0.3 is 0 Å². The Bertz CT molecular complexity index is 138. The van der Waals surface area contributed by atoms with Crippen LogP contribution >= 0.6 is 0 Å². The van der Waals surface area contributed by atoms with Crippen LogP contribution in [0.5, 0.6) is 0 Å². The van der Waals surface area contributed by atoms with Gasteiger partial charge in [-0.2, -0.15) is 0 Å². The fourth-order valence-electron chi connectivity index (χ4n) is 1.77. The molecule has 0 radical (unpaired) electrons. The Hall–Kier alpha value is -0.300. The maximum Gasteiger partial charge on any atom is 0.0105 e. The van der Waals surface area contributed by atoms with Gasteiger partial charge in [0.1, 0.15) is 0 Å². The van der Waals surface area contributed by atoms with Crippen LogP contribution in [0.4, 0.5) is 0 Å². The third kappa shape index (κ3) is 2.66. The highest BCUT2D eigenvalue weighted by Crippen LogP contribution is 2.23. The molecule has 1 aliphatic rings. The molecule has 64 valence electrons. The van der Waals surface area contributed by atoms with Gasteiger partial charge in [0, 0.05) is 6.04 Å². The summed E-state index contributed by atoms with van der Waals surface area (Å²) in [6.07, 6.45) is 8.04. The van der Waals surface area contributed by atoms with Gasteiger partial charge in [-0.15, -0.1) is 0 Å². The third-order valence-electron chi connectivity index (χ3n) is 2.39. The molecule has 2 atom stereocenters. The molecule has 1 rings (SSSR count). The molecule has 0 aromatic carbocycles. The Kier molecular flexibility index (Phi) is 3.13. The van der Waals surface area contributed by atoms with Crippen LogP contribution in [0.15, 0.2) is 12.2 Å². The van der Waals surface area contributed by atoms with Crippen molar-refractivity contribution in [1.29, 1.82) is 0 Å². The molecule has 0 saturated carbocycles. The first-order valence-electron chi connectivity index (χ1n) is 4.60. The molecule has 11 heavy (non-hydrogen) atoms. The van der Waals surface area contributed by atoms with Crippen LogP contribution in [0.3, 0.4) is 0 Å². The summed E-state index contributed by atoms with van der Waals surface area (Å²) >= 11 is 0. The predicted octanol–water partition coefficient (Wildman–Crippen LogP) is 2.33. The number of rotatable bonds is 2. The molecule has 1 heteroatoms. The Morgan fingerprint density at radius 1 is 1.36 bits per heavy atom. The first-order chi connectivity index (χ1) is 5.20. The standard InChI is InChI=1S/C10H19N/c1-8(2)7-9-5-3-4-6-10(9)11/h3-4,8-10H,5-7,11H2,1-2H3/t9-,10-/m1/s1. The molecule has 0 aromatic rings. The Labute approximate surface area is 69.7 Å². The average Bonchev–Trinajstić information content (AvgIpc) is 1.93. The predicted molar refractivity (Wildman–Crippen MR) is 49.3 cm³/mol. The SMILES string of the molecule is CC(C)C[C@H]1CC=CC[C@H]1N. The van der Waals surface area contributed by atoms with Gasteiger partial charge in [0.15, 0.2) is 0 Å². The van der Waals surface area contributed by atoms with Crippen LogP contribution in [0.25, 0.3) is 0 Å². The van der Waals surface area contributed by atoms with E-state index >= 15 is 0 Å². The lowest BCUT2D eigenvalue weighted by Crippen LogP contribution is -2.31. The second-order valence-corrected chi connectivity index (χ2v) is 4.00. The second kappa shape index (κ2) is 3.91. The summed E-state index contributed by atoms with van der Waals surface area (Å²) in [7, 11) is 0. The first kappa shape index (κ1) is 8.79. The lowest BCUT2D eigenvalue weighted by Gasteiger charge is -2.26. The van der Waals surface area contributed by atoms with E-state index in [-0.39, 0.29) is 0 Å². The molecular formula is C10H19N. The second-order valence-electron chi connectivity index (χ2n) is 4.00. The fourth-order valence-corrected chi connectivity index (χ4v) is 1.77. The van der Waals surface area contributed by atoms with Gasteiger partial charge in [-0.1, -0.05) is 26.0 Å². The minimum Gasteiger partial charge on any atom is -0.327 e. The van der Waals surface area contributed by atoms with Crippen LogP contribution in [-0.4, -0.2) is 6.04 Å². The van der Waals surface area contributed by atoms with Gasteiger partial charge in [0.2, 0.25) is 0 Å². The van der Waals surface area contributed by atoms with Crippen molar-refractivity contribution >= 4 is 0 Å². The smallest absolute Gasteiger partial charge is 0.0105 e. The number of nitrogens with two attached hydrogens (primary N) is 1. The lowest BCUT2D eigenvalue weighted by atomic mass is 9.84. The van der Waals surface area contributed by atoms with Gasteiger partial charge in [0.05, 0.1) is 0 Å². The summed E-state index contributed by atoms with van der Waals surface area (Å²) in [5.74, 6) is 1.53. The van der Waals surface area contributed by atoms with Crippen LogP contribution in [0.2, 0.25) is 0 Å². The zero-order chi connectivity index (χ0) is 8.27. The molecule has 0 spiro atoms. The van der Waals surface area contributed by atoms with Crippen molar-refractivity contribution in [2.75, 3.05) is 0 Å². The van der Waals surface area contributed by atoms with E-state index in [4.69, 9.17) is 5.73 Å². The van der Waals surface area contributed by atoms with Crippen molar-refractivity contribution in [1.82, 2.24) is 0 Å². The van der Waals surface area contributed by atoms with Crippen molar-refractivity contribution in [3.63, 3.8) is 0 Å². The summed E-state index contributed by atoms with van der Waals surface area (Å²) in [6.45, 7) is 4.54. The van der Waals surface area contributed by atoms with Gasteiger partial charge in [-0.3, -0.25) is 0 Å². The Morgan fingerprint density at radius 2 is 2.00 bits per heavy atom. The molecule has 0 fully saturated rings. The van der Waals surface area contributed by atoms with Crippen molar-refractivity contribution in [3.05, 3.63) is 12.2 Å². The highest BCUT2D eigenvalue weighted by atomic mass is 14.6. The first-order valence-corrected chi connectivity index (χ1v) is 4.60. The maximum atomic E-state index is 5.98. The van der Waals surface area contributed by atoms with E-state index in [1.165, 1.54) is 12.8 Å². The molecule has 1 aliphatic carbocycles. The number of hydrogen-bond donors (Lipinski definition) is 1. The molecule has 0 aliphatic heterocycles. The molecule has 0 aromatic heterocycles. The maximum absolute atomic E-state index is 5.98. The third-order valence-corrected chi connectivity index (χ3v) is 2.39. The van der Waals surface area contributed by atoms with Crippen LogP contribution < -0.4 is 5.73 Å². The summed E-state index contributed by atoms with van der Waals surface area (Å²) in [4.78, 5) is 0. The van der Waals surface area contributed by atoms with Gasteiger partial charge in [0.25, 0.3) is 0 Å². The number of hydrogen-bond acceptors (Lipinski definition) is 1. The normalized spacial score (nSPS) is 31.3. The molecule has 0 bridgehead atoms. The van der Waals surface area contributed by atoms with Crippen molar-refractivity contribution in [3.8, 4) is 0 Å². The minimum atomic E-state index is 0.419.